The van der Waals surface area contributed by atoms with E-state index in [-0.39, 0.29) is 23.8 Å². The molecule has 1 heterocycles. The van der Waals surface area contributed by atoms with E-state index in [9.17, 15) is 14.3 Å². The van der Waals surface area contributed by atoms with Gasteiger partial charge in [0.2, 0.25) is 0 Å². The van der Waals surface area contributed by atoms with E-state index >= 15 is 0 Å². The number of fused-ring (bicyclic) bond motifs is 1. The minimum absolute atomic E-state index is 0.0329. The number of nitrogens with zero attached hydrogens (tertiary/aromatic N) is 1. The quantitative estimate of drug-likeness (QED) is 0.880. The van der Waals surface area contributed by atoms with Gasteiger partial charge in [-0.05, 0) is 67.7 Å². The lowest BCUT2D eigenvalue weighted by molar-refractivity contribution is -0.145. The standard InChI is InChI=1S/C20H22FNO3/c1-11-8-14(10-15(11)19(20(23)24)12-2-3-12)25-18-6-7-22-17-5-4-13(21)9-16(17)18/h4-7,9,11-12,14-15,19H,2-3,8,10H2,1H3,(H,23,24). The summed E-state index contributed by atoms with van der Waals surface area (Å²) in [7, 11) is 0. The summed E-state index contributed by atoms with van der Waals surface area (Å²) in [4.78, 5) is 15.9. The normalized spacial score (nSPS) is 27.4. The number of halogens is 1. The van der Waals surface area contributed by atoms with E-state index in [1.165, 1.54) is 12.1 Å². The molecule has 1 aromatic carbocycles. The van der Waals surface area contributed by atoms with Gasteiger partial charge in [-0.25, -0.2) is 4.39 Å². The van der Waals surface area contributed by atoms with Gasteiger partial charge < -0.3 is 9.84 Å². The van der Waals surface area contributed by atoms with Gasteiger partial charge in [0.1, 0.15) is 11.6 Å². The smallest absolute Gasteiger partial charge is 0.307 e. The molecule has 0 bridgehead atoms. The highest BCUT2D eigenvalue weighted by Crippen LogP contribution is 2.48. The Balaban J connectivity index is 1.54. The van der Waals surface area contributed by atoms with E-state index in [2.05, 4.69) is 11.9 Å². The van der Waals surface area contributed by atoms with Gasteiger partial charge in [-0.2, -0.15) is 0 Å². The Hall–Kier alpha value is -2.17. The Morgan fingerprint density at radius 3 is 2.84 bits per heavy atom. The molecule has 0 saturated heterocycles. The minimum Gasteiger partial charge on any atom is -0.490 e. The second-order valence-corrected chi connectivity index (χ2v) is 7.52. The molecule has 4 nitrogen and oxygen atoms in total. The molecule has 4 unspecified atom stereocenters. The van der Waals surface area contributed by atoms with Gasteiger partial charge in [-0.1, -0.05) is 6.92 Å². The van der Waals surface area contributed by atoms with Gasteiger partial charge in [0.25, 0.3) is 0 Å². The van der Waals surface area contributed by atoms with Crippen LogP contribution in [-0.4, -0.2) is 22.2 Å². The largest absolute Gasteiger partial charge is 0.490 e. The topological polar surface area (TPSA) is 59.4 Å². The number of carboxylic acid groups (broad SMARTS) is 1. The number of hydrogen-bond donors (Lipinski definition) is 1. The van der Waals surface area contributed by atoms with Crippen molar-refractivity contribution in [3.8, 4) is 5.75 Å². The highest BCUT2D eigenvalue weighted by Gasteiger charge is 2.47. The van der Waals surface area contributed by atoms with Gasteiger partial charge in [-0.15, -0.1) is 0 Å². The van der Waals surface area contributed by atoms with Crippen molar-refractivity contribution in [2.45, 2.75) is 38.7 Å². The number of carbonyl (C=O) groups is 1. The summed E-state index contributed by atoms with van der Waals surface area (Å²) in [5.74, 6) is 0.186. The first-order valence-corrected chi connectivity index (χ1v) is 8.96. The fourth-order valence-electron chi connectivity index (χ4n) is 4.38. The maximum absolute atomic E-state index is 13.6. The number of rotatable bonds is 5. The molecule has 4 rings (SSSR count). The molecule has 2 fully saturated rings. The van der Waals surface area contributed by atoms with Crippen LogP contribution in [0, 0.1) is 29.5 Å². The summed E-state index contributed by atoms with van der Waals surface area (Å²) in [6.45, 7) is 2.12. The maximum Gasteiger partial charge on any atom is 0.307 e. The van der Waals surface area contributed by atoms with E-state index in [0.717, 1.165) is 25.7 Å². The number of ether oxygens (including phenoxy) is 1. The van der Waals surface area contributed by atoms with Gasteiger partial charge >= 0.3 is 5.97 Å². The van der Waals surface area contributed by atoms with Crippen molar-refractivity contribution in [3.63, 3.8) is 0 Å². The second kappa shape index (κ2) is 6.28. The van der Waals surface area contributed by atoms with E-state index in [4.69, 9.17) is 4.74 Å². The number of pyridine rings is 1. The molecule has 0 amide bonds. The third-order valence-electron chi connectivity index (χ3n) is 5.73. The Morgan fingerprint density at radius 1 is 1.32 bits per heavy atom. The van der Waals surface area contributed by atoms with Crippen molar-refractivity contribution in [2.24, 2.45) is 23.7 Å². The molecular formula is C20H22FNO3. The zero-order valence-corrected chi connectivity index (χ0v) is 14.2. The van der Waals surface area contributed by atoms with Gasteiger partial charge in [0, 0.05) is 11.6 Å². The monoisotopic (exact) mass is 343 g/mol. The highest BCUT2D eigenvalue weighted by atomic mass is 19.1. The Labute approximate surface area is 146 Å². The first-order chi connectivity index (χ1) is 12.0. The molecule has 1 aromatic heterocycles. The summed E-state index contributed by atoms with van der Waals surface area (Å²) >= 11 is 0. The van der Waals surface area contributed by atoms with Gasteiger partial charge in [-0.3, -0.25) is 9.78 Å². The summed E-state index contributed by atoms with van der Waals surface area (Å²) in [5.41, 5.74) is 0.697. The summed E-state index contributed by atoms with van der Waals surface area (Å²) in [5, 5.41) is 10.3. The summed E-state index contributed by atoms with van der Waals surface area (Å²) in [6, 6.07) is 6.23. The van der Waals surface area contributed by atoms with Crippen LogP contribution in [0.2, 0.25) is 0 Å². The first kappa shape index (κ1) is 16.3. The number of aliphatic carboxylic acids is 1. The van der Waals surface area contributed by atoms with E-state index in [1.54, 1.807) is 18.3 Å². The van der Waals surface area contributed by atoms with Crippen molar-refractivity contribution in [1.29, 1.82) is 0 Å². The van der Waals surface area contributed by atoms with Crippen LogP contribution in [0.5, 0.6) is 5.75 Å². The third kappa shape index (κ3) is 3.20. The number of aromatic nitrogens is 1. The Bertz CT molecular complexity index is 805. The molecule has 1 N–H and O–H groups in total. The van der Waals surface area contributed by atoms with Crippen LogP contribution < -0.4 is 4.74 Å². The van der Waals surface area contributed by atoms with E-state index < -0.39 is 5.97 Å². The fraction of sp³-hybridized carbons (Fsp3) is 0.500. The average Bonchev–Trinajstić information content (AvgIpc) is 3.32. The van der Waals surface area contributed by atoms with Crippen molar-refractivity contribution in [3.05, 3.63) is 36.3 Å². The lowest BCUT2D eigenvalue weighted by Crippen LogP contribution is -2.27. The Morgan fingerprint density at radius 2 is 2.12 bits per heavy atom. The maximum atomic E-state index is 13.6. The number of benzene rings is 1. The number of hydrogen-bond acceptors (Lipinski definition) is 3. The molecule has 0 spiro atoms. The van der Waals surface area contributed by atoms with E-state index in [0.29, 0.717) is 28.5 Å². The fourth-order valence-corrected chi connectivity index (χ4v) is 4.38. The average molecular weight is 343 g/mol. The van der Waals surface area contributed by atoms with Crippen LogP contribution in [0.1, 0.15) is 32.6 Å². The molecular weight excluding hydrogens is 321 g/mol. The molecule has 5 heteroatoms. The molecule has 0 radical (unpaired) electrons. The van der Waals surface area contributed by atoms with Crippen molar-refractivity contribution < 1.29 is 19.0 Å². The van der Waals surface area contributed by atoms with Gasteiger partial charge in [0.05, 0.1) is 17.5 Å². The van der Waals surface area contributed by atoms with Crippen LogP contribution >= 0.6 is 0 Å². The number of carboxylic acids is 1. The summed E-state index contributed by atoms with van der Waals surface area (Å²) in [6.07, 6.45) is 5.26. The SMILES string of the molecule is CC1CC(Oc2ccnc3ccc(F)cc23)CC1C(C(=O)O)C1CC1. The predicted octanol–water partition coefficient (Wildman–Crippen LogP) is 4.28. The van der Waals surface area contributed by atoms with Crippen LogP contribution in [0.15, 0.2) is 30.5 Å². The lowest BCUT2D eigenvalue weighted by atomic mass is 9.82. The van der Waals surface area contributed by atoms with E-state index in [1.807, 2.05) is 0 Å². The minimum atomic E-state index is -0.670. The molecule has 25 heavy (non-hydrogen) atoms. The van der Waals surface area contributed by atoms with Crippen molar-refractivity contribution >= 4 is 16.9 Å². The lowest BCUT2D eigenvalue weighted by Gasteiger charge is -2.22. The van der Waals surface area contributed by atoms with Crippen LogP contribution in [0.3, 0.4) is 0 Å². The zero-order chi connectivity index (χ0) is 17.6. The molecule has 2 saturated carbocycles. The zero-order valence-electron chi connectivity index (χ0n) is 14.2. The summed E-state index contributed by atoms with van der Waals surface area (Å²) < 4.78 is 19.8. The third-order valence-corrected chi connectivity index (χ3v) is 5.73. The van der Waals surface area contributed by atoms with Crippen LogP contribution in [-0.2, 0) is 4.79 Å². The molecule has 2 aliphatic rings. The molecule has 4 atom stereocenters. The Kier molecular flexibility index (Phi) is 4.10. The first-order valence-electron chi connectivity index (χ1n) is 8.96. The highest BCUT2D eigenvalue weighted by molar-refractivity contribution is 5.84. The second-order valence-electron chi connectivity index (χ2n) is 7.52. The van der Waals surface area contributed by atoms with Crippen molar-refractivity contribution in [1.82, 2.24) is 4.98 Å². The molecule has 2 aliphatic carbocycles. The van der Waals surface area contributed by atoms with Gasteiger partial charge in [0.15, 0.2) is 0 Å². The van der Waals surface area contributed by atoms with Crippen molar-refractivity contribution in [2.75, 3.05) is 0 Å². The van der Waals surface area contributed by atoms with Crippen LogP contribution in [0.25, 0.3) is 10.9 Å². The molecule has 2 aromatic rings. The molecule has 132 valence electrons. The predicted molar refractivity (Wildman–Crippen MR) is 91.9 cm³/mol. The molecule has 0 aliphatic heterocycles. The van der Waals surface area contributed by atoms with Crippen LogP contribution in [0.4, 0.5) is 4.39 Å².